The molecule has 0 aliphatic rings. The Balaban J connectivity index is 0.000000173. The number of aryl methyl sites for hydroxylation is 6. The lowest BCUT2D eigenvalue weighted by molar-refractivity contribution is 0.941. The molecule has 0 N–H and O–H groups in total. The van der Waals surface area contributed by atoms with Crippen molar-refractivity contribution in [3.05, 3.63) is 69.2 Å². The van der Waals surface area contributed by atoms with Gasteiger partial charge in [-0.2, -0.15) is 10.2 Å². The lowest BCUT2D eigenvalue weighted by atomic mass is 10.4. The van der Waals surface area contributed by atoms with Crippen molar-refractivity contribution in [2.75, 3.05) is 0 Å². The van der Waals surface area contributed by atoms with E-state index in [4.69, 9.17) is 0 Å². The first-order valence-corrected chi connectivity index (χ1v) is 8.23. The fraction of sp³-hybridized carbons (Fsp3) is 0.333. The summed E-state index contributed by atoms with van der Waals surface area (Å²) in [6, 6.07) is 8.17. The first kappa shape index (κ1) is 18.9. The highest BCUT2D eigenvalue weighted by Gasteiger charge is 1.85. The first-order valence-electron chi connectivity index (χ1n) is 7.42. The molecule has 23 heavy (non-hydrogen) atoms. The van der Waals surface area contributed by atoms with Crippen LogP contribution >= 0.6 is 11.3 Å². The summed E-state index contributed by atoms with van der Waals surface area (Å²) in [5, 5.41) is 7.66. The van der Waals surface area contributed by atoms with Crippen LogP contribution in [0.3, 0.4) is 0 Å². The molecule has 3 aromatic rings. The van der Waals surface area contributed by atoms with E-state index in [2.05, 4.69) is 46.1 Å². The van der Waals surface area contributed by atoms with Gasteiger partial charge in [-0.05, 0) is 65.8 Å². The van der Waals surface area contributed by atoms with Crippen molar-refractivity contribution in [2.24, 2.45) is 0 Å². The molecule has 3 rings (SSSR count). The summed E-state index contributed by atoms with van der Waals surface area (Å²) in [6.45, 7) is 11.9. The number of hydrogen-bond acceptors (Lipinski definition) is 5. The first-order chi connectivity index (χ1) is 10.9. The zero-order valence-corrected chi connectivity index (χ0v) is 15.5. The third-order valence-electron chi connectivity index (χ3n) is 2.72. The molecule has 0 saturated carbocycles. The highest BCUT2D eigenvalue weighted by molar-refractivity contribution is 7.11. The Hall–Kier alpha value is -2.14. The SMILES string of the molecule is Cc1ccc(C)nn1.Cc1ccc(C)s1.Cc1cnc(C)cn1. The zero-order valence-electron chi connectivity index (χ0n) is 14.7. The van der Waals surface area contributed by atoms with Crippen molar-refractivity contribution in [3.8, 4) is 0 Å². The van der Waals surface area contributed by atoms with Gasteiger partial charge in [0.25, 0.3) is 0 Å². The van der Waals surface area contributed by atoms with Gasteiger partial charge >= 0.3 is 0 Å². The maximum absolute atomic E-state index is 4.02. The van der Waals surface area contributed by atoms with Crippen molar-refractivity contribution < 1.29 is 0 Å². The van der Waals surface area contributed by atoms with E-state index in [9.17, 15) is 0 Å². The third kappa shape index (κ3) is 8.78. The van der Waals surface area contributed by atoms with E-state index >= 15 is 0 Å². The molecule has 5 heteroatoms. The second-order valence-corrected chi connectivity index (χ2v) is 6.76. The molecule has 122 valence electrons. The Labute approximate surface area is 142 Å². The van der Waals surface area contributed by atoms with E-state index in [0.717, 1.165) is 22.8 Å². The predicted octanol–water partition coefficient (Wildman–Crippen LogP) is 4.55. The fourth-order valence-corrected chi connectivity index (χ4v) is 2.26. The number of nitrogens with zero attached hydrogens (tertiary/aromatic N) is 4. The van der Waals surface area contributed by atoms with Crippen LogP contribution in [0.5, 0.6) is 0 Å². The fourth-order valence-electron chi connectivity index (χ4n) is 1.48. The Kier molecular flexibility index (Phi) is 8.05. The lowest BCUT2D eigenvalue weighted by Crippen LogP contribution is -1.86. The average Bonchev–Trinajstić information content (AvgIpc) is 2.90. The molecule has 0 aromatic carbocycles. The van der Waals surface area contributed by atoms with Crippen molar-refractivity contribution in [2.45, 2.75) is 41.5 Å². The van der Waals surface area contributed by atoms with Crippen molar-refractivity contribution in [1.29, 1.82) is 0 Å². The van der Waals surface area contributed by atoms with Crippen LogP contribution in [0.2, 0.25) is 0 Å². The molecule has 0 aliphatic heterocycles. The summed E-state index contributed by atoms with van der Waals surface area (Å²) in [5.41, 5.74) is 3.87. The van der Waals surface area contributed by atoms with Crippen LogP contribution in [-0.4, -0.2) is 20.2 Å². The van der Waals surface area contributed by atoms with Crippen LogP contribution in [0.1, 0.15) is 32.5 Å². The molecule has 0 radical (unpaired) electrons. The smallest absolute Gasteiger partial charge is 0.0600 e. The Morgan fingerprint density at radius 3 is 1.17 bits per heavy atom. The standard InChI is InChI=1S/2C6H8N2.C6H8S/c1-5-3-8-6(2)4-7-5;1-5-3-4-6(2)8-7-5;1-5-3-4-6(2)7-5/h2*3-4H,1-2H3;3-4H,1-2H3. The largest absolute Gasteiger partial charge is 0.258 e. The number of thiophene rings is 1. The van der Waals surface area contributed by atoms with Crippen molar-refractivity contribution in [3.63, 3.8) is 0 Å². The van der Waals surface area contributed by atoms with E-state index < -0.39 is 0 Å². The second kappa shape index (κ2) is 9.79. The summed E-state index contributed by atoms with van der Waals surface area (Å²) < 4.78 is 0. The number of rotatable bonds is 0. The summed E-state index contributed by atoms with van der Waals surface area (Å²) in [6.07, 6.45) is 3.52. The predicted molar refractivity (Wildman–Crippen MR) is 96.8 cm³/mol. The minimum absolute atomic E-state index is 0.968. The third-order valence-corrected chi connectivity index (χ3v) is 3.63. The number of hydrogen-bond donors (Lipinski definition) is 0. The van der Waals surface area contributed by atoms with Crippen LogP contribution < -0.4 is 0 Å². The van der Waals surface area contributed by atoms with E-state index in [0.29, 0.717) is 0 Å². The molecule has 0 fully saturated rings. The normalized spacial score (nSPS) is 9.30. The van der Waals surface area contributed by atoms with E-state index in [1.165, 1.54) is 9.75 Å². The summed E-state index contributed by atoms with van der Waals surface area (Å²) in [7, 11) is 0. The van der Waals surface area contributed by atoms with Gasteiger partial charge in [0.15, 0.2) is 0 Å². The molecule has 0 unspecified atom stereocenters. The van der Waals surface area contributed by atoms with Gasteiger partial charge in [0.05, 0.1) is 22.8 Å². The van der Waals surface area contributed by atoms with Crippen molar-refractivity contribution >= 4 is 11.3 Å². The Bertz CT molecular complexity index is 586. The van der Waals surface area contributed by atoms with E-state index in [1.54, 1.807) is 12.4 Å². The zero-order chi connectivity index (χ0) is 17.2. The van der Waals surface area contributed by atoms with E-state index in [1.807, 2.05) is 51.2 Å². The lowest BCUT2D eigenvalue weighted by Gasteiger charge is -1.88. The molecule has 0 aliphatic carbocycles. The minimum atomic E-state index is 0.968. The molecule has 3 aromatic heterocycles. The van der Waals surface area contributed by atoms with Gasteiger partial charge in [0.2, 0.25) is 0 Å². The van der Waals surface area contributed by atoms with Crippen LogP contribution in [-0.2, 0) is 0 Å². The maximum Gasteiger partial charge on any atom is 0.0600 e. The maximum atomic E-state index is 4.02. The Morgan fingerprint density at radius 1 is 0.565 bits per heavy atom. The van der Waals surface area contributed by atoms with Gasteiger partial charge in [0, 0.05) is 22.1 Å². The highest BCUT2D eigenvalue weighted by atomic mass is 32.1. The van der Waals surface area contributed by atoms with Crippen LogP contribution in [0.25, 0.3) is 0 Å². The topological polar surface area (TPSA) is 51.6 Å². The Morgan fingerprint density at radius 2 is 0.957 bits per heavy atom. The summed E-state index contributed by atoms with van der Waals surface area (Å²) >= 11 is 1.84. The molecule has 3 heterocycles. The molecule has 4 nitrogen and oxygen atoms in total. The molecule has 0 atom stereocenters. The molecule has 0 spiro atoms. The van der Waals surface area contributed by atoms with Gasteiger partial charge in [-0.15, -0.1) is 11.3 Å². The van der Waals surface area contributed by atoms with Gasteiger partial charge in [-0.3, -0.25) is 9.97 Å². The molecular formula is C18H24N4S. The quantitative estimate of drug-likeness (QED) is 0.607. The molecule has 0 amide bonds. The molecular weight excluding hydrogens is 304 g/mol. The van der Waals surface area contributed by atoms with Crippen LogP contribution in [0, 0.1) is 41.5 Å². The monoisotopic (exact) mass is 328 g/mol. The van der Waals surface area contributed by atoms with Crippen molar-refractivity contribution in [1.82, 2.24) is 20.2 Å². The molecule has 0 bridgehead atoms. The van der Waals surface area contributed by atoms with Gasteiger partial charge in [-0.25, -0.2) is 0 Å². The minimum Gasteiger partial charge on any atom is -0.258 e. The van der Waals surface area contributed by atoms with Gasteiger partial charge in [0.1, 0.15) is 0 Å². The van der Waals surface area contributed by atoms with Gasteiger partial charge in [-0.1, -0.05) is 0 Å². The van der Waals surface area contributed by atoms with Gasteiger partial charge < -0.3 is 0 Å². The second-order valence-electron chi connectivity index (χ2n) is 5.27. The average molecular weight is 328 g/mol. The number of aromatic nitrogens is 4. The summed E-state index contributed by atoms with van der Waals surface area (Å²) in [4.78, 5) is 10.8. The van der Waals surface area contributed by atoms with E-state index in [-0.39, 0.29) is 0 Å². The van der Waals surface area contributed by atoms with Crippen LogP contribution in [0.4, 0.5) is 0 Å². The van der Waals surface area contributed by atoms with Crippen LogP contribution in [0.15, 0.2) is 36.7 Å². The molecule has 0 saturated heterocycles. The highest BCUT2D eigenvalue weighted by Crippen LogP contribution is 2.12. The summed E-state index contributed by atoms with van der Waals surface area (Å²) in [5.74, 6) is 0.